The second-order valence-corrected chi connectivity index (χ2v) is 7.00. The highest BCUT2D eigenvalue weighted by Crippen LogP contribution is 2.49. The summed E-state index contributed by atoms with van der Waals surface area (Å²) in [5.74, 6) is 0.887. The van der Waals surface area contributed by atoms with Crippen molar-refractivity contribution >= 4 is 0 Å². The number of nitrogens with zero attached hydrogens (tertiary/aromatic N) is 1. The molecule has 3 nitrogen and oxygen atoms in total. The van der Waals surface area contributed by atoms with Crippen LogP contribution >= 0.6 is 0 Å². The smallest absolute Gasteiger partial charge is 0.161 e. The number of benzene rings is 1. The Morgan fingerprint density at radius 2 is 2.10 bits per heavy atom. The van der Waals surface area contributed by atoms with Crippen molar-refractivity contribution in [3.8, 4) is 11.5 Å². The number of phenols is 1. The Morgan fingerprint density at radius 1 is 1.29 bits per heavy atom. The molecular formula is C18H27NO2. The Morgan fingerprint density at radius 3 is 2.81 bits per heavy atom. The fourth-order valence-electron chi connectivity index (χ4n) is 4.35. The number of rotatable bonds is 3. The minimum absolute atomic E-state index is 0.0833. The molecule has 0 aromatic heterocycles. The van der Waals surface area contributed by atoms with E-state index in [1.165, 1.54) is 37.7 Å². The van der Waals surface area contributed by atoms with Crippen molar-refractivity contribution in [3.05, 3.63) is 23.8 Å². The van der Waals surface area contributed by atoms with E-state index in [0.29, 0.717) is 11.8 Å². The van der Waals surface area contributed by atoms with Gasteiger partial charge in [0.25, 0.3) is 0 Å². The maximum atomic E-state index is 10.3. The van der Waals surface area contributed by atoms with E-state index in [1.807, 2.05) is 26.0 Å². The first kappa shape index (κ1) is 14.7. The number of phenolic OH excluding ortho intramolecular Hbond substituents is 1. The molecule has 2 atom stereocenters. The van der Waals surface area contributed by atoms with Crippen LogP contribution in [-0.2, 0) is 5.41 Å². The molecule has 21 heavy (non-hydrogen) atoms. The lowest BCUT2D eigenvalue weighted by molar-refractivity contribution is 0.181. The van der Waals surface area contributed by atoms with E-state index < -0.39 is 0 Å². The molecule has 1 N–H and O–H groups in total. The van der Waals surface area contributed by atoms with Gasteiger partial charge >= 0.3 is 0 Å². The third-order valence-electron chi connectivity index (χ3n) is 5.33. The van der Waals surface area contributed by atoms with Crippen LogP contribution in [0.2, 0.25) is 0 Å². The van der Waals surface area contributed by atoms with Crippen LogP contribution in [0.15, 0.2) is 18.2 Å². The molecule has 0 radical (unpaired) electrons. The molecule has 0 amide bonds. The van der Waals surface area contributed by atoms with E-state index in [4.69, 9.17) is 4.74 Å². The minimum atomic E-state index is 0.0833. The number of likely N-dealkylation sites (N-methyl/N-ethyl adjacent to an activating group) is 1. The van der Waals surface area contributed by atoms with E-state index in [1.54, 1.807) is 0 Å². The molecule has 1 aromatic carbocycles. The summed E-state index contributed by atoms with van der Waals surface area (Å²) in [5, 5.41) is 10.3. The van der Waals surface area contributed by atoms with Crippen LogP contribution in [0.4, 0.5) is 0 Å². The lowest BCUT2D eigenvalue weighted by Crippen LogP contribution is -2.43. The summed E-state index contributed by atoms with van der Waals surface area (Å²) >= 11 is 0. The predicted octanol–water partition coefficient (Wildman–Crippen LogP) is 3.70. The molecule has 116 valence electrons. The Hall–Kier alpha value is -1.22. The number of aromatic hydroxyl groups is 1. The molecule has 1 saturated heterocycles. The van der Waals surface area contributed by atoms with E-state index in [2.05, 4.69) is 18.0 Å². The summed E-state index contributed by atoms with van der Waals surface area (Å²) in [6, 6.07) is 6.70. The zero-order valence-corrected chi connectivity index (χ0v) is 13.4. The molecule has 2 aliphatic rings. The molecule has 1 saturated carbocycles. The molecule has 3 rings (SSSR count). The van der Waals surface area contributed by atoms with Gasteiger partial charge in [-0.2, -0.15) is 0 Å². The topological polar surface area (TPSA) is 32.7 Å². The second-order valence-electron chi connectivity index (χ2n) is 7.00. The van der Waals surface area contributed by atoms with Crippen molar-refractivity contribution < 1.29 is 9.84 Å². The van der Waals surface area contributed by atoms with Crippen molar-refractivity contribution in [2.24, 2.45) is 0 Å². The quantitative estimate of drug-likeness (QED) is 0.921. The van der Waals surface area contributed by atoms with Crippen LogP contribution < -0.4 is 4.74 Å². The SMILES string of the molecule is CC(C)Oc1ccc([C@@]23CCCC[C@@H]2N(C)CC3)cc1O. The molecule has 0 bridgehead atoms. The first-order valence-corrected chi connectivity index (χ1v) is 8.23. The van der Waals surface area contributed by atoms with Gasteiger partial charge in [-0.25, -0.2) is 0 Å². The Balaban J connectivity index is 1.93. The number of likely N-dealkylation sites (tertiary alicyclic amines) is 1. The van der Waals surface area contributed by atoms with Crippen molar-refractivity contribution in [2.75, 3.05) is 13.6 Å². The Kier molecular flexibility index (Phi) is 3.87. The summed E-state index contributed by atoms with van der Waals surface area (Å²) in [7, 11) is 2.24. The fourth-order valence-corrected chi connectivity index (χ4v) is 4.35. The van der Waals surface area contributed by atoms with E-state index in [-0.39, 0.29) is 17.3 Å². The normalized spacial score (nSPS) is 29.6. The van der Waals surface area contributed by atoms with Gasteiger partial charge in [0.05, 0.1) is 6.10 Å². The molecule has 3 heteroatoms. The van der Waals surface area contributed by atoms with Crippen molar-refractivity contribution in [2.45, 2.75) is 63.5 Å². The zero-order valence-electron chi connectivity index (χ0n) is 13.4. The van der Waals surface area contributed by atoms with Crippen molar-refractivity contribution in [3.63, 3.8) is 0 Å². The molecular weight excluding hydrogens is 262 g/mol. The first-order chi connectivity index (χ1) is 10.0. The highest BCUT2D eigenvalue weighted by Gasteiger charge is 2.48. The maximum Gasteiger partial charge on any atom is 0.161 e. The third-order valence-corrected chi connectivity index (χ3v) is 5.33. The molecule has 0 unspecified atom stereocenters. The minimum Gasteiger partial charge on any atom is -0.504 e. The Bertz CT molecular complexity index is 510. The van der Waals surface area contributed by atoms with Crippen molar-refractivity contribution in [1.82, 2.24) is 4.90 Å². The van der Waals surface area contributed by atoms with Gasteiger partial charge in [0, 0.05) is 11.5 Å². The molecule has 1 heterocycles. The van der Waals surface area contributed by atoms with E-state index in [9.17, 15) is 5.11 Å². The first-order valence-electron chi connectivity index (χ1n) is 8.23. The lowest BCUT2D eigenvalue weighted by Gasteiger charge is -2.41. The van der Waals surface area contributed by atoms with Crippen LogP contribution in [0.1, 0.15) is 51.5 Å². The van der Waals surface area contributed by atoms with Crippen LogP contribution in [0.25, 0.3) is 0 Å². The Labute approximate surface area is 127 Å². The molecule has 2 fully saturated rings. The van der Waals surface area contributed by atoms with Crippen LogP contribution in [-0.4, -0.2) is 35.7 Å². The average Bonchev–Trinajstić information content (AvgIpc) is 2.80. The lowest BCUT2D eigenvalue weighted by atomic mass is 9.66. The van der Waals surface area contributed by atoms with Gasteiger partial charge in [-0.15, -0.1) is 0 Å². The van der Waals surface area contributed by atoms with Gasteiger partial charge in [0.15, 0.2) is 11.5 Å². The van der Waals surface area contributed by atoms with Gasteiger partial charge in [-0.05, 0) is 64.4 Å². The molecule has 1 aliphatic carbocycles. The number of fused-ring (bicyclic) bond motifs is 1. The fraction of sp³-hybridized carbons (Fsp3) is 0.667. The zero-order chi connectivity index (χ0) is 15.0. The highest BCUT2D eigenvalue weighted by molar-refractivity contribution is 5.45. The number of ether oxygens (including phenoxy) is 1. The average molecular weight is 289 g/mol. The third kappa shape index (κ3) is 2.52. The van der Waals surface area contributed by atoms with Crippen LogP contribution in [0.5, 0.6) is 11.5 Å². The summed E-state index contributed by atoms with van der Waals surface area (Å²) in [5.41, 5.74) is 1.53. The standard InChI is InChI=1S/C18H27NO2/c1-13(2)21-16-8-7-14(12-15(16)20)18-9-5-4-6-17(18)19(3)11-10-18/h7-8,12-13,17,20H,4-6,9-11H2,1-3H3/t17-,18-/m0/s1. The van der Waals surface area contributed by atoms with Gasteiger partial charge in [-0.1, -0.05) is 18.9 Å². The highest BCUT2D eigenvalue weighted by atomic mass is 16.5. The molecule has 0 spiro atoms. The number of hydrogen-bond donors (Lipinski definition) is 1. The second kappa shape index (κ2) is 5.53. The number of hydrogen-bond acceptors (Lipinski definition) is 3. The van der Waals surface area contributed by atoms with E-state index in [0.717, 1.165) is 6.54 Å². The predicted molar refractivity (Wildman–Crippen MR) is 85.1 cm³/mol. The van der Waals surface area contributed by atoms with Gasteiger partial charge < -0.3 is 14.7 Å². The van der Waals surface area contributed by atoms with Gasteiger partial charge in [0.1, 0.15) is 0 Å². The summed E-state index contributed by atoms with van der Waals surface area (Å²) in [6.07, 6.45) is 6.44. The summed E-state index contributed by atoms with van der Waals surface area (Å²) in [4.78, 5) is 2.51. The molecule has 1 aliphatic heterocycles. The van der Waals surface area contributed by atoms with E-state index >= 15 is 0 Å². The van der Waals surface area contributed by atoms with Crippen LogP contribution in [0, 0.1) is 0 Å². The summed E-state index contributed by atoms with van der Waals surface area (Å²) in [6.45, 7) is 5.12. The van der Waals surface area contributed by atoms with Crippen LogP contribution in [0.3, 0.4) is 0 Å². The summed E-state index contributed by atoms with van der Waals surface area (Å²) < 4.78 is 5.66. The van der Waals surface area contributed by atoms with Gasteiger partial charge in [-0.3, -0.25) is 0 Å². The maximum absolute atomic E-state index is 10.3. The monoisotopic (exact) mass is 289 g/mol. The molecule has 1 aromatic rings. The van der Waals surface area contributed by atoms with Crippen molar-refractivity contribution in [1.29, 1.82) is 0 Å². The van der Waals surface area contributed by atoms with Gasteiger partial charge in [0.2, 0.25) is 0 Å². The largest absolute Gasteiger partial charge is 0.504 e.